The van der Waals surface area contributed by atoms with Gasteiger partial charge in [-0.15, -0.1) is 0 Å². The van der Waals surface area contributed by atoms with Crippen molar-refractivity contribution in [2.24, 2.45) is 0 Å². The number of aromatic nitrogens is 4. The molecule has 2 saturated heterocycles. The molecule has 1 N–H and O–H groups in total. The molecule has 9 rings (SSSR count). The van der Waals surface area contributed by atoms with Gasteiger partial charge in [0.2, 0.25) is 10.8 Å². The number of amides is 1. The first-order valence-corrected chi connectivity index (χ1v) is 27.5. The number of methoxy groups -OCH3 is 3. The molecule has 0 radical (unpaired) electrons. The molecule has 0 spiro atoms. The molecule has 2 aliphatic heterocycles. The number of carbonyl (C=O) groups is 2. The van der Waals surface area contributed by atoms with Gasteiger partial charge < -0.3 is 38.3 Å². The minimum atomic E-state index is -1.40. The van der Waals surface area contributed by atoms with Crippen LogP contribution in [0, 0.1) is 0 Å². The van der Waals surface area contributed by atoms with Crippen LogP contribution in [-0.2, 0) is 34.8 Å². The Kier molecular flexibility index (Phi) is 17.3. The van der Waals surface area contributed by atoms with E-state index < -0.39 is 31.0 Å². The number of benzene rings is 5. The summed E-state index contributed by atoms with van der Waals surface area (Å²) in [7, 11) is 3.54. The van der Waals surface area contributed by atoms with Gasteiger partial charge >= 0.3 is 0 Å². The van der Waals surface area contributed by atoms with Crippen molar-refractivity contribution in [3.63, 3.8) is 0 Å². The molecule has 0 saturated carbocycles. The fraction of sp³-hybridized carbons (Fsp3) is 0.315. The van der Waals surface area contributed by atoms with E-state index in [1.807, 2.05) is 108 Å². The number of hydrogen-bond donors (Lipinski definition) is 1. The molecule has 7 aromatic rings. The van der Waals surface area contributed by atoms with E-state index in [0.29, 0.717) is 45.3 Å². The molecule has 4 heterocycles. The van der Waals surface area contributed by atoms with Gasteiger partial charge in [0.05, 0.1) is 47.0 Å². The summed E-state index contributed by atoms with van der Waals surface area (Å²) < 4.78 is 50.3. The third kappa shape index (κ3) is 11.2. The van der Waals surface area contributed by atoms with Crippen LogP contribution < -0.4 is 14.8 Å². The van der Waals surface area contributed by atoms with Crippen molar-refractivity contribution in [2.75, 3.05) is 77.7 Å². The van der Waals surface area contributed by atoms with Gasteiger partial charge in [-0.25, -0.2) is 15.0 Å². The number of fused-ring (bicyclic) bond motifs is 1. The van der Waals surface area contributed by atoms with E-state index in [1.165, 1.54) is 18.1 Å². The zero-order chi connectivity index (χ0) is 49.8. The summed E-state index contributed by atoms with van der Waals surface area (Å²) >= 11 is 3.00. The second-order valence-corrected chi connectivity index (χ2v) is 21.6. The van der Waals surface area contributed by atoms with Crippen LogP contribution in [0.25, 0.3) is 11.2 Å². The SMILES string of the molecule is COCCO[C@@]1(n2cnc3c(NC(=O)c4ccccc4)ncnc32)CO[C@H](COC(c2ccccc2)(c2ccc(OC)cc2)c2ccc(OC)cc2)[C@@H]1OP(SCCSC(=O)c1ccccc1)N1CCCC1. The topological polar surface area (TPSA) is 158 Å². The van der Waals surface area contributed by atoms with Gasteiger partial charge in [0.15, 0.2) is 24.5 Å². The van der Waals surface area contributed by atoms with Crippen LogP contribution in [0.3, 0.4) is 0 Å². The smallest absolute Gasteiger partial charge is 0.256 e. The molecule has 4 atom stereocenters. The second-order valence-electron chi connectivity index (χ2n) is 16.9. The van der Waals surface area contributed by atoms with Gasteiger partial charge in [-0.05, 0) is 65.9 Å². The van der Waals surface area contributed by atoms with E-state index in [-0.39, 0.29) is 43.3 Å². The second kappa shape index (κ2) is 24.3. The fourth-order valence-corrected chi connectivity index (χ4v) is 14.3. The van der Waals surface area contributed by atoms with E-state index in [0.717, 1.165) is 42.6 Å². The lowest BCUT2D eigenvalue weighted by molar-refractivity contribution is -0.157. The first-order chi connectivity index (χ1) is 35.4. The molecule has 2 aromatic heterocycles. The number of rotatable bonds is 23. The number of nitrogens with zero attached hydrogens (tertiary/aromatic N) is 5. The van der Waals surface area contributed by atoms with E-state index >= 15 is 0 Å². The van der Waals surface area contributed by atoms with Crippen LogP contribution in [0.2, 0.25) is 0 Å². The average Bonchev–Trinajstić information content (AvgIpc) is 4.22. The third-order valence-electron chi connectivity index (χ3n) is 12.6. The maximum atomic E-state index is 13.5. The summed E-state index contributed by atoms with van der Waals surface area (Å²) in [5.41, 5.74) is 1.92. The standard InChI is InChI=1S/C54H57N6O9PS2/c1-63-31-32-67-53(60-38-57-47-49(55-37-56-50(47)60)58-51(61)39-15-7-4-8-16-39)36-66-46(48(53)69-70(59-29-13-14-30-59)72-34-33-71-52(62)40-17-9-5-10-18-40)35-68-54(41-19-11-6-12-20-41,42-21-25-44(64-2)26-22-42)43-23-27-45(65-3)28-24-43/h4-12,15-28,37-38,46,48H,13-14,29-36H2,1-3H3,(H,55,56,58,61)/t46-,48+,53+,70?/m1/s1. The number of ether oxygens (including phenoxy) is 6. The molecule has 18 heteroatoms. The average molecular weight is 1030 g/mol. The monoisotopic (exact) mass is 1030 g/mol. The molecule has 5 aromatic carbocycles. The summed E-state index contributed by atoms with van der Waals surface area (Å²) in [4.78, 5) is 40.8. The predicted molar refractivity (Wildman–Crippen MR) is 282 cm³/mol. The molecule has 1 unspecified atom stereocenters. The van der Waals surface area contributed by atoms with Crippen LogP contribution in [0.4, 0.5) is 5.82 Å². The zero-order valence-electron chi connectivity index (χ0n) is 40.3. The quantitative estimate of drug-likeness (QED) is 0.0367. The molecule has 0 bridgehead atoms. The Bertz CT molecular complexity index is 2800. The number of anilines is 1. The number of nitrogens with one attached hydrogen (secondary N) is 1. The van der Waals surface area contributed by atoms with Gasteiger partial charge in [0, 0.05) is 42.8 Å². The molecular weight excluding hydrogens is 972 g/mol. The first-order valence-electron chi connectivity index (χ1n) is 23.7. The van der Waals surface area contributed by atoms with Gasteiger partial charge in [-0.1, -0.05) is 126 Å². The normalized spacial score (nSPS) is 18.5. The summed E-state index contributed by atoms with van der Waals surface area (Å²) in [6.07, 6.45) is 3.50. The zero-order valence-corrected chi connectivity index (χ0v) is 42.9. The molecule has 0 aliphatic carbocycles. The summed E-state index contributed by atoms with van der Waals surface area (Å²) in [5.74, 6) is 2.54. The predicted octanol–water partition coefficient (Wildman–Crippen LogP) is 9.83. The minimum absolute atomic E-state index is 0.00918. The Labute approximate surface area is 428 Å². The van der Waals surface area contributed by atoms with Crippen molar-refractivity contribution < 1.29 is 42.5 Å². The van der Waals surface area contributed by atoms with Crippen LogP contribution in [0.1, 0.15) is 50.2 Å². The molecule has 1 amide bonds. The van der Waals surface area contributed by atoms with Gasteiger partial charge in [-0.3, -0.25) is 18.8 Å². The molecular formula is C54H57N6O9PS2. The van der Waals surface area contributed by atoms with Crippen LogP contribution >= 0.6 is 30.6 Å². The summed E-state index contributed by atoms with van der Waals surface area (Å²) in [5, 5.41) is 2.97. The van der Waals surface area contributed by atoms with Gasteiger partial charge in [0.1, 0.15) is 35.6 Å². The van der Waals surface area contributed by atoms with Crippen LogP contribution in [0.5, 0.6) is 11.5 Å². The minimum Gasteiger partial charge on any atom is -0.497 e. The van der Waals surface area contributed by atoms with Crippen molar-refractivity contribution in [3.8, 4) is 11.5 Å². The van der Waals surface area contributed by atoms with Crippen molar-refractivity contribution in [3.05, 3.63) is 180 Å². The van der Waals surface area contributed by atoms with Crippen molar-refractivity contribution in [1.82, 2.24) is 24.2 Å². The lowest BCUT2D eigenvalue weighted by atomic mass is 9.80. The molecule has 374 valence electrons. The Morgan fingerprint density at radius 2 is 1.36 bits per heavy atom. The van der Waals surface area contributed by atoms with E-state index in [4.69, 9.17) is 42.9 Å². The molecule has 2 aliphatic rings. The van der Waals surface area contributed by atoms with Gasteiger partial charge in [0.25, 0.3) is 5.91 Å². The highest BCUT2D eigenvalue weighted by atomic mass is 32.7. The van der Waals surface area contributed by atoms with E-state index in [1.54, 1.807) is 63.3 Å². The highest BCUT2D eigenvalue weighted by Gasteiger charge is 2.57. The fourth-order valence-electron chi connectivity index (χ4n) is 8.97. The molecule has 15 nitrogen and oxygen atoms in total. The number of hydrogen-bond acceptors (Lipinski definition) is 15. The van der Waals surface area contributed by atoms with Crippen LogP contribution in [-0.4, -0.2) is 120 Å². The molecule has 2 fully saturated rings. The molecule has 72 heavy (non-hydrogen) atoms. The number of thioether (sulfide) groups is 1. The van der Waals surface area contributed by atoms with Crippen molar-refractivity contribution in [1.29, 1.82) is 0 Å². The third-order valence-corrected chi connectivity index (χ3v) is 17.8. The first kappa shape index (κ1) is 51.2. The van der Waals surface area contributed by atoms with Crippen molar-refractivity contribution in [2.45, 2.75) is 36.4 Å². The van der Waals surface area contributed by atoms with Crippen LogP contribution in [0.15, 0.2) is 152 Å². The lowest BCUT2D eigenvalue weighted by Crippen LogP contribution is -2.51. The lowest BCUT2D eigenvalue weighted by Gasteiger charge is -2.40. The van der Waals surface area contributed by atoms with Crippen molar-refractivity contribution >= 4 is 58.6 Å². The Balaban J connectivity index is 1.13. The maximum absolute atomic E-state index is 13.5. The Morgan fingerprint density at radius 3 is 1.99 bits per heavy atom. The Hall–Kier alpha value is -5.72. The maximum Gasteiger partial charge on any atom is 0.256 e. The summed E-state index contributed by atoms with van der Waals surface area (Å²) in [6.45, 7) is 2.16. The Morgan fingerprint density at radius 1 is 0.750 bits per heavy atom. The number of carbonyl (C=O) groups excluding carboxylic acids is 2. The summed E-state index contributed by atoms with van der Waals surface area (Å²) in [6, 6.07) is 44.2. The van der Waals surface area contributed by atoms with E-state index in [9.17, 15) is 9.59 Å². The number of imidazole rings is 1. The largest absolute Gasteiger partial charge is 0.497 e. The van der Waals surface area contributed by atoms with E-state index in [2.05, 4.69) is 27.1 Å². The van der Waals surface area contributed by atoms with Gasteiger partial charge in [-0.2, -0.15) is 0 Å². The highest BCUT2D eigenvalue weighted by molar-refractivity contribution is 8.53. The highest BCUT2D eigenvalue weighted by Crippen LogP contribution is 2.59.